The number of rotatable bonds is 5. The molecule has 0 radical (unpaired) electrons. The van der Waals surface area contributed by atoms with Crippen molar-refractivity contribution in [2.75, 3.05) is 0 Å². The van der Waals surface area contributed by atoms with Gasteiger partial charge in [-0.2, -0.15) is 0 Å². The fraction of sp³-hybridized carbons (Fsp3) is 0.316. The molecular formula is C19H23N3O2. The van der Waals surface area contributed by atoms with Crippen molar-refractivity contribution in [3.63, 3.8) is 0 Å². The van der Waals surface area contributed by atoms with Crippen molar-refractivity contribution >= 4 is 5.91 Å². The zero-order valence-electron chi connectivity index (χ0n) is 14.0. The van der Waals surface area contributed by atoms with Gasteiger partial charge in [-0.1, -0.05) is 30.3 Å². The van der Waals surface area contributed by atoms with Crippen LogP contribution in [0, 0.1) is 0 Å². The normalized spacial score (nSPS) is 20.1. The number of hydrogen-bond acceptors (Lipinski definition) is 4. The molecule has 1 aliphatic heterocycles. The van der Waals surface area contributed by atoms with Gasteiger partial charge in [0.15, 0.2) is 0 Å². The number of amides is 1. The third-order valence-corrected chi connectivity index (χ3v) is 3.90. The lowest BCUT2D eigenvalue weighted by Crippen LogP contribution is -2.44. The Morgan fingerprint density at radius 3 is 2.46 bits per heavy atom. The first-order chi connectivity index (χ1) is 11.6. The standard InChI is InChI=1S/C19H23N3O2/c1-13(2)24-16-10-8-15(9-11-16)19(23)20-18-12-17(21-22-18)14-6-4-3-5-7-14/h3-11,13,17-18,21-22H,12H2,1-2H3,(H,20,23). The van der Waals surface area contributed by atoms with Crippen LogP contribution in [0.25, 0.3) is 0 Å². The first-order valence-corrected chi connectivity index (χ1v) is 8.25. The molecule has 24 heavy (non-hydrogen) atoms. The lowest BCUT2D eigenvalue weighted by Gasteiger charge is -2.13. The highest BCUT2D eigenvalue weighted by Crippen LogP contribution is 2.21. The Labute approximate surface area is 142 Å². The van der Waals surface area contributed by atoms with Crippen molar-refractivity contribution in [2.24, 2.45) is 0 Å². The van der Waals surface area contributed by atoms with Gasteiger partial charge in [0.1, 0.15) is 5.75 Å². The summed E-state index contributed by atoms with van der Waals surface area (Å²) in [7, 11) is 0. The zero-order valence-corrected chi connectivity index (χ0v) is 14.0. The molecule has 3 N–H and O–H groups in total. The maximum Gasteiger partial charge on any atom is 0.252 e. The SMILES string of the molecule is CC(C)Oc1ccc(C(=O)NC2CC(c3ccccc3)NN2)cc1. The van der Waals surface area contributed by atoms with Gasteiger partial charge in [-0.3, -0.25) is 4.79 Å². The molecule has 0 aromatic heterocycles. The summed E-state index contributed by atoms with van der Waals surface area (Å²) in [5.41, 5.74) is 8.19. The third kappa shape index (κ3) is 4.13. The van der Waals surface area contributed by atoms with Gasteiger partial charge in [-0.15, -0.1) is 0 Å². The van der Waals surface area contributed by atoms with Gasteiger partial charge in [0.05, 0.1) is 12.3 Å². The molecule has 2 unspecified atom stereocenters. The lowest BCUT2D eigenvalue weighted by atomic mass is 10.0. The summed E-state index contributed by atoms with van der Waals surface area (Å²) >= 11 is 0. The van der Waals surface area contributed by atoms with Gasteiger partial charge < -0.3 is 10.1 Å². The number of carbonyl (C=O) groups is 1. The van der Waals surface area contributed by atoms with Crippen molar-refractivity contribution in [1.29, 1.82) is 0 Å². The van der Waals surface area contributed by atoms with Crippen molar-refractivity contribution in [2.45, 2.75) is 38.6 Å². The molecular weight excluding hydrogens is 302 g/mol. The van der Waals surface area contributed by atoms with Crippen LogP contribution in [0.2, 0.25) is 0 Å². The first kappa shape index (κ1) is 16.5. The Balaban J connectivity index is 1.55. The molecule has 1 aliphatic rings. The van der Waals surface area contributed by atoms with Gasteiger partial charge in [-0.05, 0) is 43.7 Å². The minimum atomic E-state index is -0.103. The van der Waals surface area contributed by atoms with Crippen molar-refractivity contribution in [1.82, 2.24) is 16.2 Å². The Morgan fingerprint density at radius 1 is 1.08 bits per heavy atom. The molecule has 0 bridgehead atoms. The maximum atomic E-state index is 12.4. The number of hydrogen-bond donors (Lipinski definition) is 3. The van der Waals surface area contributed by atoms with E-state index in [2.05, 4.69) is 28.3 Å². The monoisotopic (exact) mass is 325 g/mol. The summed E-state index contributed by atoms with van der Waals surface area (Å²) < 4.78 is 5.59. The fourth-order valence-electron chi connectivity index (χ4n) is 2.75. The molecule has 1 fully saturated rings. The van der Waals surface area contributed by atoms with Gasteiger partial charge >= 0.3 is 0 Å². The summed E-state index contributed by atoms with van der Waals surface area (Å²) in [5, 5.41) is 3.00. The molecule has 2 aromatic carbocycles. The van der Waals surface area contributed by atoms with Crippen LogP contribution in [-0.2, 0) is 0 Å². The van der Waals surface area contributed by atoms with Crippen LogP contribution in [0.4, 0.5) is 0 Å². The van der Waals surface area contributed by atoms with E-state index in [0.717, 1.165) is 12.2 Å². The second kappa shape index (κ2) is 7.47. The molecule has 0 saturated carbocycles. The molecule has 1 amide bonds. The van der Waals surface area contributed by atoms with Gasteiger partial charge in [0, 0.05) is 18.0 Å². The first-order valence-electron chi connectivity index (χ1n) is 8.25. The molecule has 5 heteroatoms. The topological polar surface area (TPSA) is 62.4 Å². The zero-order chi connectivity index (χ0) is 16.9. The molecule has 0 aliphatic carbocycles. The van der Waals surface area contributed by atoms with E-state index in [0.29, 0.717) is 5.56 Å². The minimum Gasteiger partial charge on any atom is -0.491 e. The van der Waals surface area contributed by atoms with Gasteiger partial charge in [0.25, 0.3) is 5.91 Å². The number of hydrazine groups is 1. The Hall–Kier alpha value is -2.37. The highest BCUT2D eigenvalue weighted by Gasteiger charge is 2.26. The predicted octanol–water partition coefficient (Wildman–Crippen LogP) is 2.77. The van der Waals surface area contributed by atoms with Crippen LogP contribution in [0.3, 0.4) is 0 Å². The minimum absolute atomic E-state index is 0.0980. The number of nitrogens with one attached hydrogen (secondary N) is 3. The number of ether oxygens (including phenoxy) is 1. The van der Waals surface area contributed by atoms with Crippen LogP contribution in [0.5, 0.6) is 5.75 Å². The summed E-state index contributed by atoms with van der Waals surface area (Å²) in [6, 6.07) is 17.6. The summed E-state index contributed by atoms with van der Waals surface area (Å²) in [4.78, 5) is 12.4. The number of benzene rings is 2. The van der Waals surface area contributed by atoms with Crippen LogP contribution in [0.1, 0.15) is 42.2 Å². The molecule has 5 nitrogen and oxygen atoms in total. The average molecular weight is 325 g/mol. The van der Waals surface area contributed by atoms with E-state index in [4.69, 9.17) is 4.74 Å². The second-order valence-electron chi connectivity index (χ2n) is 6.20. The van der Waals surface area contributed by atoms with E-state index < -0.39 is 0 Å². The highest BCUT2D eigenvalue weighted by atomic mass is 16.5. The molecule has 2 atom stereocenters. The van der Waals surface area contributed by atoms with E-state index in [-0.39, 0.29) is 24.2 Å². The van der Waals surface area contributed by atoms with E-state index in [1.807, 2.05) is 44.2 Å². The average Bonchev–Trinajstić information content (AvgIpc) is 3.04. The Morgan fingerprint density at radius 2 is 1.79 bits per heavy atom. The van der Waals surface area contributed by atoms with Gasteiger partial charge in [-0.25, -0.2) is 10.9 Å². The second-order valence-corrected chi connectivity index (χ2v) is 6.20. The summed E-state index contributed by atoms with van der Waals surface area (Å²) in [5.74, 6) is 0.672. The van der Waals surface area contributed by atoms with Crippen LogP contribution in [-0.4, -0.2) is 18.2 Å². The fourth-order valence-corrected chi connectivity index (χ4v) is 2.75. The smallest absolute Gasteiger partial charge is 0.252 e. The molecule has 126 valence electrons. The number of carbonyl (C=O) groups excluding carboxylic acids is 1. The van der Waals surface area contributed by atoms with E-state index in [1.165, 1.54) is 5.56 Å². The predicted molar refractivity (Wildman–Crippen MR) is 93.5 cm³/mol. The van der Waals surface area contributed by atoms with Crippen LogP contribution < -0.4 is 20.9 Å². The van der Waals surface area contributed by atoms with E-state index >= 15 is 0 Å². The maximum absolute atomic E-state index is 12.4. The Bertz CT molecular complexity index is 671. The van der Waals surface area contributed by atoms with E-state index in [9.17, 15) is 4.79 Å². The largest absolute Gasteiger partial charge is 0.491 e. The molecule has 3 rings (SSSR count). The Kier molecular flexibility index (Phi) is 5.13. The molecule has 1 saturated heterocycles. The van der Waals surface area contributed by atoms with Crippen LogP contribution in [0.15, 0.2) is 54.6 Å². The highest BCUT2D eigenvalue weighted by molar-refractivity contribution is 5.94. The van der Waals surface area contributed by atoms with Crippen molar-refractivity contribution < 1.29 is 9.53 Å². The summed E-state index contributed by atoms with van der Waals surface area (Å²) in [6.07, 6.45) is 0.812. The van der Waals surface area contributed by atoms with Crippen LogP contribution >= 0.6 is 0 Å². The quantitative estimate of drug-likeness (QED) is 0.791. The van der Waals surface area contributed by atoms with Crippen molar-refractivity contribution in [3.05, 3.63) is 65.7 Å². The van der Waals surface area contributed by atoms with E-state index in [1.54, 1.807) is 12.1 Å². The van der Waals surface area contributed by atoms with Crippen molar-refractivity contribution in [3.8, 4) is 5.75 Å². The molecule has 0 spiro atoms. The third-order valence-electron chi connectivity index (χ3n) is 3.90. The molecule has 1 heterocycles. The summed E-state index contributed by atoms with van der Waals surface area (Å²) in [6.45, 7) is 3.95. The lowest BCUT2D eigenvalue weighted by molar-refractivity contribution is 0.0932. The molecule has 2 aromatic rings. The van der Waals surface area contributed by atoms with Gasteiger partial charge in [0.2, 0.25) is 0 Å².